The molecule has 2 aliphatic heterocycles. The minimum Gasteiger partial charge on any atom is -0.352 e. The third kappa shape index (κ3) is 5.79. The van der Waals surface area contributed by atoms with Gasteiger partial charge in [0.25, 0.3) is 0 Å². The molecule has 0 saturated carbocycles. The van der Waals surface area contributed by atoms with E-state index in [2.05, 4.69) is 64.3 Å². The summed E-state index contributed by atoms with van der Waals surface area (Å²) >= 11 is 0. The zero-order valence-electron chi connectivity index (χ0n) is 17.9. The highest BCUT2D eigenvalue weighted by Crippen LogP contribution is 2.18. The van der Waals surface area contributed by atoms with Gasteiger partial charge in [-0.05, 0) is 58.3 Å². The number of piperidine rings is 1. The fourth-order valence-corrected chi connectivity index (χ4v) is 4.61. The van der Waals surface area contributed by atoms with Crippen LogP contribution in [0.2, 0.25) is 0 Å². The molecule has 2 saturated heterocycles. The number of amides is 1. The number of likely N-dealkylation sites (tertiary alicyclic amines) is 2. The second-order valence-corrected chi connectivity index (χ2v) is 8.58. The quantitative estimate of drug-likeness (QED) is 0.745. The van der Waals surface area contributed by atoms with Crippen molar-refractivity contribution in [1.82, 2.24) is 20.0 Å². The summed E-state index contributed by atoms with van der Waals surface area (Å²) in [5, 5.41) is 3.31. The maximum atomic E-state index is 12.8. The molecule has 0 spiro atoms. The Kier molecular flexibility index (Phi) is 7.89. The lowest BCUT2D eigenvalue weighted by Crippen LogP contribution is -2.52. The van der Waals surface area contributed by atoms with E-state index < -0.39 is 0 Å². The van der Waals surface area contributed by atoms with E-state index in [9.17, 15) is 4.79 Å². The number of benzene rings is 1. The van der Waals surface area contributed by atoms with E-state index in [4.69, 9.17) is 0 Å². The van der Waals surface area contributed by atoms with E-state index in [1.54, 1.807) is 0 Å². The highest BCUT2D eigenvalue weighted by molar-refractivity contribution is 5.81. The van der Waals surface area contributed by atoms with Crippen LogP contribution in [0.5, 0.6) is 0 Å². The third-order valence-electron chi connectivity index (χ3n) is 6.63. The summed E-state index contributed by atoms with van der Waals surface area (Å²) in [6.45, 7) is 10.7. The van der Waals surface area contributed by atoms with Gasteiger partial charge >= 0.3 is 0 Å². The zero-order chi connectivity index (χ0) is 19.9. The number of carbonyl (C=O) groups is 1. The van der Waals surface area contributed by atoms with Crippen molar-refractivity contribution in [3.8, 4) is 0 Å². The maximum absolute atomic E-state index is 12.8. The first-order valence-electron chi connectivity index (χ1n) is 11.1. The lowest BCUT2D eigenvalue weighted by Gasteiger charge is -2.34. The number of likely N-dealkylation sites (N-methyl/N-ethyl adjacent to an activating group) is 2. The average Bonchev–Trinajstić information content (AvgIpc) is 3.16. The van der Waals surface area contributed by atoms with Gasteiger partial charge in [0.15, 0.2) is 0 Å². The van der Waals surface area contributed by atoms with E-state index in [-0.39, 0.29) is 11.9 Å². The summed E-state index contributed by atoms with van der Waals surface area (Å²) in [7, 11) is 2.10. The van der Waals surface area contributed by atoms with Crippen LogP contribution in [0, 0.1) is 0 Å². The van der Waals surface area contributed by atoms with Crippen molar-refractivity contribution in [2.75, 3.05) is 39.8 Å². The Morgan fingerprint density at radius 1 is 1.18 bits per heavy atom. The Morgan fingerprint density at radius 3 is 2.57 bits per heavy atom. The van der Waals surface area contributed by atoms with Crippen LogP contribution in [-0.4, -0.2) is 78.5 Å². The topological polar surface area (TPSA) is 38.8 Å². The van der Waals surface area contributed by atoms with Crippen molar-refractivity contribution in [3.63, 3.8) is 0 Å². The van der Waals surface area contributed by atoms with Crippen molar-refractivity contribution in [1.29, 1.82) is 0 Å². The predicted octanol–water partition coefficient (Wildman–Crippen LogP) is 2.57. The molecule has 0 aromatic heterocycles. The number of nitrogens with zero attached hydrogens (tertiary/aromatic N) is 3. The third-order valence-corrected chi connectivity index (χ3v) is 6.63. The first kappa shape index (κ1) is 21.3. The summed E-state index contributed by atoms with van der Waals surface area (Å²) in [4.78, 5) is 20.0. The Hall–Kier alpha value is -1.43. The van der Waals surface area contributed by atoms with Crippen molar-refractivity contribution in [3.05, 3.63) is 35.9 Å². The van der Waals surface area contributed by atoms with E-state index in [1.807, 2.05) is 6.92 Å². The number of hydrogen-bond donors (Lipinski definition) is 1. The zero-order valence-corrected chi connectivity index (χ0v) is 17.9. The van der Waals surface area contributed by atoms with Gasteiger partial charge in [-0.25, -0.2) is 0 Å². The molecule has 0 aliphatic carbocycles. The molecule has 1 amide bonds. The normalized spacial score (nSPS) is 23.2. The highest BCUT2D eigenvalue weighted by atomic mass is 16.2. The molecule has 2 aliphatic rings. The summed E-state index contributed by atoms with van der Waals surface area (Å²) in [6, 6.07) is 11.5. The molecule has 3 rings (SSSR count). The largest absolute Gasteiger partial charge is 0.352 e. The molecule has 2 atom stereocenters. The molecule has 1 aromatic rings. The number of carbonyl (C=O) groups excluding carboxylic acids is 1. The minimum atomic E-state index is -0.0679. The smallest absolute Gasteiger partial charge is 0.237 e. The second-order valence-electron chi connectivity index (χ2n) is 8.58. The van der Waals surface area contributed by atoms with E-state index >= 15 is 0 Å². The van der Waals surface area contributed by atoms with Gasteiger partial charge in [-0.15, -0.1) is 0 Å². The van der Waals surface area contributed by atoms with Crippen molar-refractivity contribution in [2.24, 2.45) is 0 Å². The van der Waals surface area contributed by atoms with Gasteiger partial charge in [0.05, 0.1) is 6.04 Å². The molecule has 156 valence electrons. The molecule has 1 N–H and O–H groups in total. The van der Waals surface area contributed by atoms with Gasteiger partial charge < -0.3 is 5.32 Å². The van der Waals surface area contributed by atoms with Crippen LogP contribution in [0.1, 0.15) is 45.1 Å². The lowest BCUT2D eigenvalue weighted by atomic mass is 10.0. The monoisotopic (exact) mass is 386 g/mol. The van der Waals surface area contributed by atoms with Gasteiger partial charge in [-0.3, -0.25) is 19.5 Å². The summed E-state index contributed by atoms with van der Waals surface area (Å²) in [5.41, 5.74) is 1.37. The maximum Gasteiger partial charge on any atom is 0.237 e. The molecule has 2 fully saturated rings. The summed E-state index contributed by atoms with van der Waals surface area (Å²) in [6.07, 6.45) is 4.63. The molecule has 5 heteroatoms. The lowest BCUT2D eigenvalue weighted by molar-refractivity contribution is -0.126. The van der Waals surface area contributed by atoms with Crippen LogP contribution in [0.25, 0.3) is 0 Å². The molecular weight excluding hydrogens is 348 g/mol. The Labute approximate surface area is 171 Å². The molecule has 0 unspecified atom stereocenters. The molecule has 0 bridgehead atoms. The SMILES string of the molecule is CCN1CCC[C@@H]1CN(C)[C@H](C)C(=O)NC1CCN(Cc2ccccc2)CC1. The summed E-state index contributed by atoms with van der Waals surface area (Å²) in [5.74, 6) is 0.185. The van der Waals surface area contributed by atoms with E-state index in [0.29, 0.717) is 12.1 Å². The van der Waals surface area contributed by atoms with Gasteiger partial charge in [0.1, 0.15) is 0 Å². The minimum absolute atomic E-state index is 0.0679. The summed E-state index contributed by atoms with van der Waals surface area (Å²) < 4.78 is 0. The fraction of sp³-hybridized carbons (Fsp3) is 0.696. The number of nitrogens with one attached hydrogen (secondary N) is 1. The molecule has 28 heavy (non-hydrogen) atoms. The predicted molar refractivity (Wildman–Crippen MR) is 115 cm³/mol. The number of hydrogen-bond acceptors (Lipinski definition) is 4. The first-order valence-corrected chi connectivity index (χ1v) is 11.1. The Bertz CT molecular complexity index is 600. The van der Waals surface area contributed by atoms with Crippen LogP contribution < -0.4 is 5.32 Å². The van der Waals surface area contributed by atoms with Gasteiger partial charge in [-0.2, -0.15) is 0 Å². The standard InChI is InChI=1S/C23H38N4O/c1-4-27-14-8-11-22(27)18-25(3)19(2)23(28)24-21-12-15-26(16-13-21)17-20-9-6-5-7-10-20/h5-7,9-10,19,21-22H,4,8,11-18H2,1-3H3,(H,24,28)/t19-,22-/m1/s1. The van der Waals surface area contributed by atoms with Gasteiger partial charge in [-0.1, -0.05) is 37.3 Å². The molecule has 2 heterocycles. The van der Waals surface area contributed by atoms with Crippen LogP contribution in [-0.2, 0) is 11.3 Å². The van der Waals surface area contributed by atoms with Crippen molar-refractivity contribution < 1.29 is 4.79 Å². The highest BCUT2D eigenvalue weighted by Gasteiger charge is 2.28. The molecule has 5 nitrogen and oxygen atoms in total. The molecular formula is C23H38N4O. The van der Waals surface area contributed by atoms with Crippen molar-refractivity contribution in [2.45, 2.75) is 64.2 Å². The van der Waals surface area contributed by atoms with Crippen LogP contribution in [0.4, 0.5) is 0 Å². The molecule has 1 aromatic carbocycles. The Balaban J connectivity index is 1.39. The fourth-order valence-electron chi connectivity index (χ4n) is 4.61. The average molecular weight is 387 g/mol. The van der Waals surface area contributed by atoms with Crippen LogP contribution >= 0.6 is 0 Å². The van der Waals surface area contributed by atoms with E-state index in [1.165, 1.54) is 24.9 Å². The number of rotatable bonds is 8. The van der Waals surface area contributed by atoms with Gasteiger partial charge in [0.2, 0.25) is 5.91 Å². The van der Waals surface area contributed by atoms with Gasteiger partial charge in [0, 0.05) is 38.3 Å². The Morgan fingerprint density at radius 2 is 1.89 bits per heavy atom. The molecule has 0 radical (unpaired) electrons. The first-order chi connectivity index (χ1) is 13.6. The van der Waals surface area contributed by atoms with Crippen molar-refractivity contribution >= 4 is 5.91 Å². The van der Waals surface area contributed by atoms with Crippen LogP contribution in [0.15, 0.2) is 30.3 Å². The van der Waals surface area contributed by atoms with Crippen LogP contribution in [0.3, 0.4) is 0 Å². The van der Waals surface area contributed by atoms with E-state index in [0.717, 1.165) is 45.6 Å². The second kappa shape index (κ2) is 10.4.